The predicted molar refractivity (Wildman–Crippen MR) is 117 cm³/mol. The lowest BCUT2D eigenvalue weighted by Crippen LogP contribution is -2.30. The van der Waals surface area contributed by atoms with E-state index in [4.69, 9.17) is 9.40 Å². The van der Waals surface area contributed by atoms with Gasteiger partial charge >= 0.3 is 0 Å². The maximum Gasteiger partial charge on any atom is 0.255 e. The van der Waals surface area contributed by atoms with Gasteiger partial charge in [0.15, 0.2) is 5.58 Å². The Morgan fingerprint density at radius 2 is 1.79 bits per heavy atom. The van der Waals surface area contributed by atoms with Crippen molar-refractivity contribution in [3.63, 3.8) is 0 Å². The molecule has 4 aromatic rings. The zero-order valence-electron chi connectivity index (χ0n) is 15.7. The van der Waals surface area contributed by atoms with Gasteiger partial charge in [0.05, 0.1) is 5.56 Å². The average Bonchev–Trinajstić information content (AvgIpc) is 3.40. The fourth-order valence-corrected chi connectivity index (χ4v) is 4.41. The molecule has 29 heavy (non-hydrogen) atoms. The molecule has 144 valence electrons. The van der Waals surface area contributed by atoms with Gasteiger partial charge in [0, 0.05) is 11.0 Å². The molecule has 4 nitrogen and oxygen atoms in total. The molecule has 0 saturated carbocycles. The minimum Gasteiger partial charge on any atom is -0.438 e. The number of fused-ring (bicyclic) bond motifs is 1. The molecular formula is C24H19BrN2O2. The van der Waals surface area contributed by atoms with Crippen molar-refractivity contribution in [2.45, 2.75) is 18.9 Å². The minimum absolute atomic E-state index is 0.00667. The first-order valence-electron chi connectivity index (χ1n) is 9.72. The SMILES string of the molecule is O=C(c1ccccc1Br)N1CCC[C@H]1c1nc2cc(-c3ccccc3)ccc2o1. The molecule has 3 aromatic carbocycles. The quantitative estimate of drug-likeness (QED) is 0.374. The van der Waals surface area contributed by atoms with Crippen LogP contribution in [0.5, 0.6) is 0 Å². The number of carbonyl (C=O) groups is 1. The number of hydrogen-bond donors (Lipinski definition) is 0. The number of nitrogens with zero attached hydrogens (tertiary/aromatic N) is 2. The molecule has 5 heteroatoms. The standard InChI is InChI=1S/C24H19BrN2O2/c25-19-10-5-4-9-18(19)24(28)27-14-6-11-21(27)23-26-20-15-17(12-13-22(20)29-23)16-7-2-1-3-8-16/h1-5,7-10,12-13,15,21H,6,11,14H2/t21-/m0/s1. The molecule has 1 atom stereocenters. The van der Waals surface area contributed by atoms with Gasteiger partial charge in [0.2, 0.25) is 5.89 Å². The highest BCUT2D eigenvalue weighted by atomic mass is 79.9. The molecule has 0 bridgehead atoms. The van der Waals surface area contributed by atoms with Crippen molar-refractivity contribution in [1.29, 1.82) is 0 Å². The summed E-state index contributed by atoms with van der Waals surface area (Å²) >= 11 is 3.49. The summed E-state index contributed by atoms with van der Waals surface area (Å²) in [5.41, 5.74) is 4.49. The second-order valence-electron chi connectivity index (χ2n) is 7.24. The number of halogens is 1. The van der Waals surface area contributed by atoms with E-state index in [1.807, 2.05) is 65.6 Å². The van der Waals surface area contributed by atoms with Gasteiger partial charge < -0.3 is 9.32 Å². The number of benzene rings is 3. The van der Waals surface area contributed by atoms with E-state index in [9.17, 15) is 4.79 Å². The second-order valence-corrected chi connectivity index (χ2v) is 8.09. The van der Waals surface area contributed by atoms with E-state index in [0.717, 1.165) is 39.5 Å². The Kier molecular flexibility index (Phi) is 4.68. The number of oxazole rings is 1. The Balaban J connectivity index is 1.48. The molecule has 0 N–H and O–H groups in total. The van der Waals surface area contributed by atoms with Crippen LogP contribution < -0.4 is 0 Å². The van der Waals surface area contributed by atoms with Crippen LogP contribution in [0, 0.1) is 0 Å². The maximum atomic E-state index is 13.1. The summed E-state index contributed by atoms with van der Waals surface area (Å²) in [5, 5.41) is 0. The van der Waals surface area contributed by atoms with E-state index in [1.165, 1.54) is 0 Å². The van der Waals surface area contributed by atoms with Crippen molar-refractivity contribution in [2.75, 3.05) is 6.54 Å². The summed E-state index contributed by atoms with van der Waals surface area (Å²) < 4.78 is 6.88. The monoisotopic (exact) mass is 446 g/mol. The highest BCUT2D eigenvalue weighted by Gasteiger charge is 2.34. The Hall–Kier alpha value is -2.92. The van der Waals surface area contributed by atoms with E-state index in [2.05, 4.69) is 28.1 Å². The number of likely N-dealkylation sites (tertiary alicyclic amines) is 1. The summed E-state index contributed by atoms with van der Waals surface area (Å²) in [7, 11) is 0. The summed E-state index contributed by atoms with van der Waals surface area (Å²) in [6.45, 7) is 0.707. The summed E-state index contributed by atoms with van der Waals surface area (Å²) in [5.74, 6) is 0.621. The van der Waals surface area contributed by atoms with Gasteiger partial charge in [-0.25, -0.2) is 4.98 Å². The fraction of sp³-hybridized carbons (Fsp3) is 0.167. The molecule has 1 amide bonds. The predicted octanol–water partition coefficient (Wildman–Crippen LogP) is 6.23. The highest BCUT2D eigenvalue weighted by molar-refractivity contribution is 9.10. The normalized spacial score (nSPS) is 16.4. The van der Waals surface area contributed by atoms with Crippen LogP contribution in [-0.4, -0.2) is 22.3 Å². The van der Waals surface area contributed by atoms with Crippen LogP contribution in [0.2, 0.25) is 0 Å². The topological polar surface area (TPSA) is 46.3 Å². The van der Waals surface area contributed by atoms with Crippen LogP contribution in [0.3, 0.4) is 0 Å². The van der Waals surface area contributed by atoms with Gasteiger partial charge in [0.1, 0.15) is 11.6 Å². The van der Waals surface area contributed by atoms with Crippen molar-refractivity contribution >= 4 is 32.9 Å². The number of hydrogen-bond acceptors (Lipinski definition) is 3. The van der Waals surface area contributed by atoms with Crippen LogP contribution in [0.1, 0.15) is 35.1 Å². The molecule has 0 aliphatic carbocycles. The van der Waals surface area contributed by atoms with Crippen molar-refractivity contribution < 1.29 is 9.21 Å². The zero-order valence-corrected chi connectivity index (χ0v) is 17.3. The summed E-state index contributed by atoms with van der Waals surface area (Å²) in [6.07, 6.45) is 1.80. The molecule has 2 heterocycles. The maximum absolute atomic E-state index is 13.1. The lowest BCUT2D eigenvalue weighted by Gasteiger charge is -2.22. The summed E-state index contributed by atoms with van der Waals surface area (Å²) in [6, 6.07) is 23.7. The molecule has 5 rings (SSSR count). The van der Waals surface area contributed by atoms with Crippen LogP contribution >= 0.6 is 15.9 Å². The van der Waals surface area contributed by atoms with Gasteiger partial charge in [-0.2, -0.15) is 0 Å². The molecule has 1 fully saturated rings. The van der Waals surface area contributed by atoms with Crippen molar-refractivity contribution in [3.8, 4) is 11.1 Å². The van der Waals surface area contributed by atoms with Crippen molar-refractivity contribution in [1.82, 2.24) is 9.88 Å². The molecule has 0 unspecified atom stereocenters. The minimum atomic E-state index is -0.137. The highest BCUT2D eigenvalue weighted by Crippen LogP contribution is 2.36. The molecule has 1 aromatic heterocycles. The second kappa shape index (κ2) is 7.48. The van der Waals surface area contributed by atoms with Gasteiger partial charge in [-0.05, 0) is 64.2 Å². The molecule has 1 aliphatic heterocycles. The first-order valence-corrected chi connectivity index (χ1v) is 10.5. The Labute approximate surface area is 177 Å². The lowest BCUT2D eigenvalue weighted by atomic mass is 10.1. The first kappa shape index (κ1) is 18.1. The number of carbonyl (C=O) groups excluding carboxylic acids is 1. The van der Waals surface area contributed by atoms with E-state index >= 15 is 0 Å². The first-order chi connectivity index (χ1) is 14.2. The van der Waals surface area contributed by atoms with Crippen LogP contribution in [0.25, 0.3) is 22.2 Å². The summed E-state index contributed by atoms with van der Waals surface area (Å²) in [4.78, 5) is 19.8. The van der Waals surface area contributed by atoms with E-state index in [-0.39, 0.29) is 11.9 Å². The Morgan fingerprint density at radius 3 is 2.62 bits per heavy atom. The molecule has 1 saturated heterocycles. The van der Waals surface area contributed by atoms with Gasteiger partial charge in [-0.15, -0.1) is 0 Å². The average molecular weight is 447 g/mol. The van der Waals surface area contributed by atoms with E-state index < -0.39 is 0 Å². The van der Waals surface area contributed by atoms with Crippen molar-refractivity contribution in [3.05, 3.63) is 88.7 Å². The van der Waals surface area contributed by atoms with E-state index in [1.54, 1.807) is 0 Å². The van der Waals surface area contributed by atoms with Crippen LogP contribution in [0.15, 0.2) is 81.7 Å². The van der Waals surface area contributed by atoms with Gasteiger partial charge in [-0.1, -0.05) is 48.5 Å². The van der Waals surface area contributed by atoms with E-state index in [0.29, 0.717) is 18.0 Å². The van der Waals surface area contributed by atoms with Crippen LogP contribution in [0.4, 0.5) is 0 Å². The fourth-order valence-electron chi connectivity index (χ4n) is 3.95. The largest absolute Gasteiger partial charge is 0.438 e. The van der Waals surface area contributed by atoms with Gasteiger partial charge in [0.25, 0.3) is 5.91 Å². The van der Waals surface area contributed by atoms with Crippen LogP contribution in [-0.2, 0) is 0 Å². The van der Waals surface area contributed by atoms with Gasteiger partial charge in [-0.3, -0.25) is 4.79 Å². The molecule has 0 spiro atoms. The third-order valence-corrected chi connectivity index (χ3v) is 6.11. The Bertz CT molecular complexity index is 1190. The molecule has 1 aliphatic rings. The smallest absolute Gasteiger partial charge is 0.255 e. The third kappa shape index (κ3) is 3.36. The lowest BCUT2D eigenvalue weighted by molar-refractivity contribution is 0.0716. The molecule has 0 radical (unpaired) electrons. The third-order valence-electron chi connectivity index (χ3n) is 5.41. The Morgan fingerprint density at radius 1 is 1.00 bits per heavy atom. The number of aromatic nitrogens is 1. The molecular weight excluding hydrogens is 428 g/mol. The number of amides is 1. The van der Waals surface area contributed by atoms with Crippen molar-refractivity contribution in [2.24, 2.45) is 0 Å². The zero-order chi connectivity index (χ0) is 19.8. The number of rotatable bonds is 3.